The molecule has 7 heteroatoms. The Bertz CT molecular complexity index is 891. The number of nitrogens with one attached hydrogen (secondary N) is 2. The summed E-state index contributed by atoms with van der Waals surface area (Å²) < 4.78 is 47.1. The van der Waals surface area contributed by atoms with Crippen molar-refractivity contribution in [1.82, 2.24) is 10.2 Å². The number of halogens is 3. The first-order chi connectivity index (χ1) is 15.9. The maximum absolute atomic E-state index is 13.5. The van der Waals surface area contributed by atoms with Gasteiger partial charge in [0.1, 0.15) is 0 Å². The number of nitrogens with zero attached hydrogens (tertiary/aromatic N) is 1. The number of hydrogen-bond acceptors (Lipinski definition) is 4. The van der Waals surface area contributed by atoms with E-state index in [1.807, 2.05) is 0 Å². The molecule has 33 heavy (non-hydrogen) atoms. The normalized spacial score (nSPS) is 32.8. The SMILES string of the molecule is CN1CCC(NC[C@H]2CC[C@@H]3[C@H](O2)c2cc(C(F)(F)F)ccc2N[C@H]3C2C=CC=CC2)CC1. The fraction of sp³-hybridized carbons (Fsp3) is 0.615. The van der Waals surface area contributed by atoms with Gasteiger partial charge >= 0.3 is 6.18 Å². The van der Waals surface area contributed by atoms with Crippen molar-refractivity contribution >= 4 is 5.69 Å². The van der Waals surface area contributed by atoms with Gasteiger partial charge in [-0.05, 0) is 70.4 Å². The maximum Gasteiger partial charge on any atom is 0.416 e. The van der Waals surface area contributed by atoms with E-state index in [0.717, 1.165) is 57.4 Å². The molecule has 1 aromatic carbocycles. The molecular weight excluding hydrogens is 427 g/mol. The van der Waals surface area contributed by atoms with Crippen molar-refractivity contribution in [2.45, 2.75) is 62.6 Å². The van der Waals surface area contributed by atoms with Gasteiger partial charge < -0.3 is 20.3 Å². The highest BCUT2D eigenvalue weighted by atomic mass is 19.4. The molecule has 2 fully saturated rings. The molecule has 1 aliphatic carbocycles. The van der Waals surface area contributed by atoms with E-state index in [9.17, 15) is 13.2 Å². The van der Waals surface area contributed by atoms with Crippen molar-refractivity contribution < 1.29 is 17.9 Å². The fourth-order valence-electron chi connectivity index (χ4n) is 5.92. The van der Waals surface area contributed by atoms with E-state index in [0.29, 0.717) is 17.5 Å². The third-order valence-electron chi connectivity index (χ3n) is 7.85. The molecule has 0 amide bonds. The van der Waals surface area contributed by atoms with Gasteiger partial charge in [-0.3, -0.25) is 0 Å². The molecule has 0 radical (unpaired) electrons. The number of allylic oxidation sites excluding steroid dienone is 3. The lowest BCUT2D eigenvalue weighted by Crippen LogP contribution is -2.49. The Morgan fingerprint density at radius 3 is 2.67 bits per heavy atom. The van der Waals surface area contributed by atoms with Crippen LogP contribution in [0.3, 0.4) is 0 Å². The largest absolute Gasteiger partial charge is 0.416 e. The van der Waals surface area contributed by atoms with Crippen molar-refractivity contribution in [1.29, 1.82) is 0 Å². The second-order valence-electron chi connectivity index (χ2n) is 10.1. The van der Waals surface area contributed by atoms with Crippen molar-refractivity contribution in [2.75, 3.05) is 32.0 Å². The first-order valence-electron chi connectivity index (χ1n) is 12.3. The fourth-order valence-corrected chi connectivity index (χ4v) is 5.92. The Morgan fingerprint density at radius 2 is 1.94 bits per heavy atom. The first kappa shape index (κ1) is 22.9. The summed E-state index contributed by atoms with van der Waals surface area (Å²) in [6.07, 6.45) is 8.94. The van der Waals surface area contributed by atoms with Crippen LogP contribution in [0.2, 0.25) is 0 Å². The topological polar surface area (TPSA) is 36.5 Å². The van der Waals surface area contributed by atoms with Crippen LogP contribution in [0, 0.1) is 11.8 Å². The van der Waals surface area contributed by atoms with E-state index < -0.39 is 11.7 Å². The first-order valence-corrected chi connectivity index (χ1v) is 12.3. The molecule has 4 aliphatic rings. The number of rotatable bonds is 4. The van der Waals surface area contributed by atoms with Gasteiger partial charge in [0, 0.05) is 41.7 Å². The minimum absolute atomic E-state index is 0.0221. The quantitative estimate of drug-likeness (QED) is 0.650. The van der Waals surface area contributed by atoms with Gasteiger partial charge in [0.25, 0.3) is 0 Å². The van der Waals surface area contributed by atoms with Gasteiger partial charge in [0.2, 0.25) is 0 Å². The molecule has 3 aliphatic heterocycles. The zero-order chi connectivity index (χ0) is 23.0. The summed E-state index contributed by atoms with van der Waals surface area (Å²) in [6, 6.07) is 4.73. The van der Waals surface area contributed by atoms with Gasteiger partial charge in [-0.2, -0.15) is 13.2 Å². The van der Waals surface area contributed by atoms with Gasteiger partial charge in [-0.15, -0.1) is 0 Å². The molecule has 0 aromatic heterocycles. The lowest BCUT2D eigenvalue weighted by molar-refractivity contribution is -0.138. The molecule has 4 nitrogen and oxygen atoms in total. The Balaban J connectivity index is 1.35. The Kier molecular flexibility index (Phi) is 6.56. The summed E-state index contributed by atoms with van der Waals surface area (Å²) in [5.74, 6) is 0.470. The van der Waals surface area contributed by atoms with Crippen LogP contribution in [0.5, 0.6) is 0 Å². The average molecular weight is 462 g/mol. The van der Waals surface area contributed by atoms with Crippen LogP contribution in [0.25, 0.3) is 0 Å². The maximum atomic E-state index is 13.5. The van der Waals surface area contributed by atoms with Gasteiger partial charge in [-0.25, -0.2) is 0 Å². The molecule has 5 rings (SSSR count). The molecule has 0 bridgehead atoms. The third kappa shape index (κ3) is 5.00. The average Bonchev–Trinajstić information content (AvgIpc) is 2.82. The van der Waals surface area contributed by atoms with Crippen LogP contribution in [-0.2, 0) is 10.9 Å². The third-order valence-corrected chi connectivity index (χ3v) is 7.85. The van der Waals surface area contributed by atoms with E-state index in [4.69, 9.17) is 4.74 Å². The molecular formula is C26H34F3N3O. The highest BCUT2D eigenvalue weighted by molar-refractivity contribution is 5.58. The second kappa shape index (κ2) is 9.43. The zero-order valence-corrected chi connectivity index (χ0v) is 19.2. The van der Waals surface area contributed by atoms with Crippen molar-refractivity contribution in [2.24, 2.45) is 11.8 Å². The lowest BCUT2D eigenvalue weighted by Gasteiger charge is -2.48. The number of benzene rings is 1. The Hall–Kier alpha value is -1.83. The molecule has 2 saturated heterocycles. The second-order valence-corrected chi connectivity index (χ2v) is 10.1. The Labute approximate surface area is 194 Å². The molecule has 0 saturated carbocycles. The molecule has 5 atom stereocenters. The van der Waals surface area contributed by atoms with Crippen LogP contribution in [0.15, 0.2) is 42.5 Å². The summed E-state index contributed by atoms with van der Waals surface area (Å²) in [5.41, 5.74) is 0.836. The molecule has 3 heterocycles. The smallest absolute Gasteiger partial charge is 0.381 e. The van der Waals surface area contributed by atoms with E-state index in [1.165, 1.54) is 12.1 Å². The predicted molar refractivity (Wildman–Crippen MR) is 124 cm³/mol. The van der Waals surface area contributed by atoms with Crippen LogP contribution >= 0.6 is 0 Å². The Morgan fingerprint density at radius 1 is 1.12 bits per heavy atom. The number of likely N-dealkylation sites (tertiary alicyclic amines) is 1. The number of ether oxygens (including phenoxy) is 1. The monoisotopic (exact) mass is 461 g/mol. The van der Waals surface area contributed by atoms with E-state index in [1.54, 1.807) is 6.07 Å². The highest BCUT2D eigenvalue weighted by Crippen LogP contribution is 2.49. The van der Waals surface area contributed by atoms with Crippen LogP contribution in [0.4, 0.5) is 18.9 Å². The molecule has 0 spiro atoms. The summed E-state index contributed by atoms with van der Waals surface area (Å²) >= 11 is 0. The number of piperidine rings is 1. The van der Waals surface area contributed by atoms with Gasteiger partial charge in [-0.1, -0.05) is 24.3 Å². The highest BCUT2D eigenvalue weighted by Gasteiger charge is 2.45. The lowest BCUT2D eigenvalue weighted by atomic mass is 9.73. The number of alkyl halides is 3. The number of hydrogen-bond donors (Lipinski definition) is 2. The summed E-state index contributed by atoms with van der Waals surface area (Å²) in [7, 11) is 2.15. The summed E-state index contributed by atoms with van der Waals surface area (Å²) in [6.45, 7) is 2.95. The standard InChI is InChI=1S/C26H34F3N3O/c1-32-13-11-19(12-14-32)30-16-20-8-9-21-24(17-5-3-2-4-6-17)31-23-10-7-18(26(27,28)29)15-22(23)25(21)33-20/h2-5,7,10,15,17,19-21,24-25,30-31H,6,8-9,11-14,16H2,1H3/t17?,20-,21+,24+,25+/m1/s1. The zero-order valence-electron chi connectivity index (χ0n) is 19.2. The molecule has 2 N–H and O–H groups in total. The van der Waals surface area contributed by atoms with E-state index in [2.05, 4.69) is 46.9 Å². The molecule has 180 valence electrons. The van der Waals surface area contributed by atoms with E-state index in [-0.39, 0.29) is 24.2 Å². The number of fused-ring (bicyclic) bond motifs is 3. The van der Waals surface area contributed by atoms with Crippen LogP contribution < -0.4 is 10.6 Å². The number of anilines is 1. The van der Waals surface area contributed by atoms with Crippen molar-refractivity contribution in [3.05, 3.63) is 53.6 Å². The van der Waals surface area contributed by atoms with Gasteiger partial charge in [0.05, 0.1) is 17.8 Å². The van der Waals surface area contributed by atoms with E-state index >= 15 is 0 Å². The van der Waals surface area contributed by atoms with Crippen LogP contribution in [-0.4, -0.2) is 49.8 Å². The minimum Gasteiger partial charge on any atom is -0.381 e. The summed E-state index contributed by atoms with van der Waals surface area (Å²) in [4.78, 5) is 2.35. The molecule has 1 aromatic rings. The van der Waals surface area contributed by atoms with Gasteiger partial charge in [0.15, 0.2) is 0 Å². The van der Waals surface area contributed by atoms with Crippen molar-refractivity contribution in [3.63, 3.8) is 0 Å². The molecule has 1 unspecified atom stereocenters. The predicted octanol–water partition coefficient (Wildman–Crippen LogP) is 5.15. The minimum atomic E-state index is -4.36. The van der Waals surface area contributed by atoms with Crippen molar-refractivity contribution in [3.8, 4) is 0 Å². The van der Waals surface area contributed by atoms with Crippen LogP contribution in [0.1, 0.15) is 49.3 Å². The summed E-state index contributed by atoms with van der Waals surface area (Å²) in [5, 5.41) is 7.27.